The van der Waals surface area contributed by atoms with Gasteiger partial charge in [-0.15, -0.1) is 0 Å². The van der Waals surface area contributed by atoms with E-state index in [2.05, 4.69) is 18.7 Å². The number of benzene rings is 1. The van der Waals surface area contributed by atoms with E-state index in [0.717, 1.165) is 44.3 Å². The number of hydrogen-bond acceptors (Lipinski definition) is 2. The predicted molar refractivity (Wildman–Crippen MR) is 79.6 cm³/mol. The maximum atomic E-state index is 13.6. The highest BCUT2D eigenvalue weighted by Crippen LogP contribution is 2.38. The van der Waals surface area contributed by atoms with Gasteiger partial charge in [0.1, 0.15) is 5.82 Å². The standard InChI is InChI=1S/C17H24FNO/c1-4-19(5-2)17(8-6-7-9-17)16(20)14-10-13(3)11-15(18)12-14/h10-12H,4-9H2,1-3H3. The van der Waals surface area contributed by atoms with Gasteiger partial charge >= 0.3 is 0 Å². The van der Waals surface area contributed by atoms with E-state index in [4.69, 9.17) is 0 Å². The fraction of sp³-hybridized carbons (Fsp3) is 0.588. The van der Waals surface area contributed by atoms with E-state index in [1.54, 1.807) is 0 Å². The Labute approximate surface area is 121 Å². The molecular weight excluding hydrogens is 253 g/mol. The van der Waals surface area contributed by atoms with Crippen LogP contribution in [0.15, 0.2) is 18.2 Å². The molecule has 0 atom stereocenters. The molecule has 0 bridgehead atoms. The van der Waals surface area contributed by atoms with Crippen LogP contribution < -0.4 is 0 Å². The molecule has 0 amide bonds. The lowest BCUT2D eigenvalue weighted by Crippen LogP contribution is -2.52. The zero-order chi connectivity index (χ0) is 14.8. The molecule has 0 unspecified atom stereocenters. The van der Waals surface area contributed by atoms with E-state index in [1.807, 2.05) is 13.0 Å². The zero-order valence-electron chi connectivity index (χ0n) is 12.7. The van der Waals surface area contributed by atoms with Crippen molar-refractivity contribution in [1.82, 2.24) is 4.90 Å². The summed E-state index contributed by atoms with van der Waals surface area (Å²) in [4.78, 5) is 15.3. The van der Waals surface area contributed by atoms with Gasteiger partial charge in [-0.2, -0.15) is 0 Å². The van der Waals surface area contributed by atoms with Crippen LogP contribution in [0.3, 0.4) is 0 Å². The molecule has 0 spiro atoms. The first-order valence-corrected chi connectivity index (χ1v) is 7.60. The number of ketones is 1. The molecule has 2 nitrogen and oxygen atoms in total. The number of Topliss-reactive ketones (excluding diaryl/α,β-unsaturated/α-hetero) is 1. The monoisotopic (exact) mass is 277 g/mol. The van der Waals surface area contributed by atoms with Crippen molar-refractivity contribution in [2.45, 2.75) is 52.0 Å². The quantitative estimate of drug-likeness (QED) is 0.759. The van der Waals surface area contributed by atoms with Crippen LogP contribution in [0.25, 0.3) is 0 Å². The average molecular weight is 277 g/mol. The molecule has 0 aromatic heterocycles. The van der Waals surface area contributed by atoms with Gasteiger partial charge in [-0.3, -0.25) is 9.69 Å². The Hall–Kier alpha value is -1.22. The molecule has 0 radical (unpaired) electrons. The van der Waals surface area contributed by atoms with Crippen molar-refractivity contribution in [2.24, 2.45) is 0 Å². The molecule has 0 N–H and O–H groups in total. The number of halogens is 1. The van der Waals surface area contributed by atoms with E-state index in [0.29, 0.717) is 5.56 Å². The summed E-state index contributed by atoms with van der Waals surface area (Å²) < 4.78 is 13.6. The molecule has 2 rings (SSSR count). The second-order valence-corrected chi connectivity index (χ2v) is 5.76. The summed E-state index contributed by atoms with van der Waals surface area (Å²) in [7, 11) is 0. The highest BCUT2D eigenvalue weighted by molar-refractivity contribution is 6.03. The topological polar surface area (TPSA) is 20.3 Å². The number of nitrogens with zero attached hydrogens (tertiary/aromatic N) is 1. The first-order chi connectivity index (χ1) is 9.53. The lowest BCUT2D eigenvalue weighted by molar-refractivity contribution is 0.0584. The molecule has 0 heterocycles. The van der Waals surface area contributed by atoms with E-state index < -0.39 is 5.54 Å². The third-order valence-corrected chi connectivity index (χ3v) is 4.53. The number of carbonyl (C=O) groups excluding carboxylic acids is 1. The minimum Gasteiger partial charge on any atom is -0.292 e. The van der Waals surface area contributed by atoms with Gasteiger partial charge in [0, 0.05) is 5.56 Å². The van der Waals surface area contributed by atoms with Gasteiger partial charge in [0.15, 0.2) is 5.78 Å². The largest absolute Gasteiger partial charge is 0.292 e. The van der Waals surface area contributed by atoms with Gasteiger partial charge in [0.05, 0.1) is 5.54 Å². The van der Waals surface area contributed by atoms with Crippen molar-refractivity contribution in [3.63, 3.8) is 0 Å². The van der Waals surface area contributed by atoms with Gasteiger partial charge in [-0.25, -0.2) is 4.39 Å². The molecule has 1 aliphatic carbocycles. The zero-order valence-corrected chi connectivity index (χ0v) is 12.7. The summed E-state index contributed by atoms with van der Waals surface area (Å²) in [6.07, 6.45) is 3.94. The molecule has 0 saturated heterocycles. The highest BCUT2D eigenvalue weighted by Gasteiger charge is 2.45. The van der Waals surface area contributed by atoms with Crippen LogP contribution in [0.5, 0.6) is 0 Å². The lowest BCUT2D eigenvalue weighted by Gasteiger charge is -2.39. The number of aryl methyl sites for hydroxylation is 1. The van der Waals surface area contributed by atoms with Crippen molar-refractivity contribution in [3.05, 3.63) is 35.1 Å². The first-order valence-electron chi connectivity index (χ1n) is 7.60. The second-order valence-electron chi connectivity index (χ2n) is 5.76. The van der Waals surface area contributed by atoms with Crippen LogP contribution >= 0.6 is 0 Å². The van der Waals surface area contributed by atoms with Crippen molar-refractivity contribution < 1.29 is 9.18 Å². The van der Waals surface area contributed by atoms with Crippen LogP contribution in [0.2, 0.25) is 0 Å². The number of hydrogen-bond donors (Lipinski definition) is 0. The maximum Gasteiger partial charge on any atom is 0.183 e. The normalized spacial score (nSPS) is 17.6. The Balaban J connectivity index is 2.41. The van der Waals surface area contributed by atoms with Crippen LogP contribution in [0, 0.1) is 12.7 Å². The number of likely N-dealkylation sites (N-methyl/N-ethyl adjacent to an activating group) is 1. The van der Waals surface area contributed by atoms with Crippen LogP contribution in [0.1, 0.15) is 55.5 Å². The van der Waals surface area contributed by atoms with E-state index >= 15 is 0 Å². The smallest absolute Gasteiger partial charge is 0.183 e. The van der Waals surface area contributed by atoms with Gasteiger partial charge in [0.25, 0.3) is 0 Å². The van der Waals surface area contributed by atoms with Crippen LogP contribution in [-0.4, -0.2) is 29.3 Å². The Kier molecular flexibility index (Phi) is 4.59. The maximum absolute atomic E-state index is 13.6. The predicted octanol–water partition coefficient (Wildman–Crippen LogP) is 3.97. The molecule has 1 aromatic rings. The second kappa shape index (κ2) is 6.04. The van der Waals surface area contributed by atoms with Crippen molar-refractivity contribution in [1.29, 1.82) is 0 Å². The summed E-state index contributed by atoms with van der Waals surface area (Å²) >= 11 is 0. The average Bonchev–Trinajstić information content (AvgIpc) is 2.89. The third-order valence-electron chi connectivity index (χ3n) is 4.53. The molecule has 0 aliphatic heterocycles. The SMILES string of the molecule is CCN(CC)C1(C(=O)c2cc(C)cc(F)c2)CCCC1. The highest BCUT2D eigenvalue weighted by atomic mass is 19.1. The molecule has 3 heteroatoms. The molecule has 1 saturated carbocycles. The fourth-order valence-electron chi connectivity index (χ4n) is 3.61. The van der Waals surface area contributed by atoms with Gasteiger partial charge in [0.2, 0.25) is 0 Å². The van der Waals surface area contributed by atoms with Crippen LogP contribution in [0.4, 0.5) is 4.39 Å². The van der Waals surface area contributed by atoms with Gasteiger partial charge < -0.3 is 0 Å². The summed E-state index contributed by atoms with van der Waals surface area (Å²) in [5, 5.41) is 0. The molecular formula is C17H24FNO. The van der Waals surface area contributed by atoms with E-state index in [9.17, 15) is 9.18 Å². The van der Waals surface area contributed by atoms with Crippen molar-refractivity contribution >= 4 is 5.78 Å². The minimum atomic E-state index is -0.413. The summed E-state index contributed by atoms with van der Waals surface area (Å²) in [6, 6.07) is 4.67. The molecule has 1 fully saturated rings. The third kappa shape index (κ3) is 2.64. The summed E-state index contributed by atoms with van der Waals surface area (Å²) in [6.45, 7) is 7.73. The first kappa shape index (κ1) is 15.2. The summed E-state index contributed by atoms with van der Waals surface area (Å²) in [5.74, 6) is -0.220. The van der Waals surface area contributed by atoms with Gasteiger partial charge in [-0.05, 0) is 56.6 Å². The Bertz CT molecular complexity index is 468. The lowest BCUT2D eigenvalue weighted by atomic mass is 9.85. The Morgan fingerprint density at radius 2 is 1.80 bits per heavy atom. The molecule has 1 aliphatic rings. The van der Waals surface area contributed by atoms with Gasteiger partial charge in [-0.1, -0.05) is 26.7 Å². The summed E-state index contributed by atoms with van der Waals surface area (Å²) in [5.41, 5.74) is 0.918. The molecule has 110 valence electrons. The van der Waals surface area contributed by atoms with E-state index in [-0.39, 0.29) is 11.6 Å². The fourth-order valence-corrected chi connectivity index (χ4v) is 3.61. The molecule has 1 aromatic carbocycles. The van der Waals surface area contributed by atoms with Crippen LogP contribution in [-0.2, 0) is 0 Å². The Morgan fingerprint density at radius 3 is 2.30 bits per heavy atom. The molecule has 20 heavy (non-hydrogen) atoms. The number of carbonyl (C=O) groups is 1. The number of rotatable bonds is 5. The van der Waals surface area contributed by atoms with E-state index in [1.165, 1.54) is 12.1 Å². The van der Waals surface area contributed by atoms with Crippen molar-refractivity contribution in [2.75, 3.05) is 13.1 Å². The minimum absolute atomic E-state index is 0.0984. The Morgan fingerprint density at radius 1 is 1.20 bits per heavy atom. The van der Waals surface area contributed by atoms with Crippen molar-refractivity contribution in [3.8, 4) is 0 Å².